The molecule has 1 fully saturated rings. The molecule has 0 saturated carbocycles. The van der Waals surface area contributed by atoms with Gasteiger partial charge in [0.1, 0.15) is 0 Å². The molecule has 100 valence electrons. The first-order valence-corrected chi connectivity index (χ1v) is 8.28. The summed E-state index contributed by atoms with van der Waals surface area (Å²) >= 11 is 12.0. The minimum Gasteiger partial charge on any atom is -0.316 e. The van der Waals surface area contributed by atoms with Crippen molar-refractivity contribution in [1.82, 2.24) is 5.32 Å². The molecule has 2 rings (SSSR count). The van der Waals surface area contributed by atoms with Gasteiger partial charge in [-0.1, -0.05) is 23.2 Å². The Morgan fingerprint density at radius 2 is 2.22 bits per heavy atom. The van der Waals surface area contributed by atoms with Crippen molar-refractivity contribution in [2.24, 2.45) is 5.92 Å². The summed E-state index contributed by atoms with van der Waals surface area (Å²) < 4.78 is 12.2. The molecule has 5 heteroatoms. The Kier molecular flexibility index (Phi) is 5.49. The highest BCUT2D eigenvalue weighted by Gasteiger charge is 2.16. The van der Waals surface area contributed by atoms with Crippen LogP contribution in [-0.4, -0.2) is 23.1 Å². The van der Waals surface area contributed by atoms with E-state index in [1.165, 1.54) is 12.8 Å². The zero-order chi connectivity index (χ0) is 13.0. The minimum absolute atomic E-state index is 0.541. The van der Waals surface area contributed by atoms with Crippen molar-refractivity contribution in [2.45, 2.75) is 24.2 Å². The molecule has 1 aliphatic heterocycles. The predicted molar refractivity (Wildman–Crippen MR) is 77.9 cm³/mol. The highest BCUT2D eigenvalue weighted by Crippen LogP contribution is 2.25. The number of rotatable bonds is 4. The molecule has 0 radical (unpaired) electrons. The fourth-order valence-corrected chi connectivity index (χ4v) is 4.13. The van der Waals surface area contributed by atoms with Gasteiger partial charge in [0.25, 0.3) is 0 Å². The van der Waals surface area contributed by atoms with Gasteiger partial charge in [0.15, 0.2) is 0 Å². The monoisotopic (exact) mass is 305 g/mol. The van der Waals surface area contributed by atoms with Gasteiger partial charge >= 0.3 is 0 Å². The number of benzene rings is 1. The maximum atomic E-state index is 12.2. The van der Waals surface area contributed by atoms with Gasteiger partial charge in [0.2, 0.25) is 0 Å². The van der Waals surface area contributed by atoms with Gasteiger partial charge in [-0.05, 0) is 56.5 Å². The van der Waals surface area contributed by atoms with E-state index in [0.29, 0.717) is 26.6 Å². The lowest BCUT2D eigenvalue weighted by atomic mass is 9.97. The normalized spacial score (nSPS) is 21.8. The molecule has 0 aliphatic carbocycles. The fourth-order valence-electron chi connectivity index (χ4n) is 2.21. The molecule has 1 heterocycles. The highest BCUT2D eigenvalue weighted by molar-refractivity contribution is 7.85. The number of hydrogen-bond acceptors (Lipinski definition) is 2. The van der Waals surface area contributed by atoms with E-state index in [2.05, 4.69) is 5.32 Å². The average Bonchev–Trinajstić information content (AvgIpc) is 2.40. The molecule has 0 amide bonds. The van der Waals surface area contributed by atoms with Crippen LogP contribution in [0.15, 0.2) is 23.1 Å². The topological polar surface area (TPSA) is 29.1 Å². The second-order valence-electron chi connectivity index (χ2n) is 4.63. The van der Waals surface area contributed by atoms with Crippen LogP contribution >= 0.6 is 23.2 Å². The third-order valence-corrected chi connectivity index (χ3v) is 5.36. The summed E-state index contributed by atoms with van der Waals surface area (Å²) in [4.78, 5) is 0.660. The fraction of sp³-hybridized carbons (Fsp3) is 0.538. The van der Waals surface area contributed by atoms with Crippen molar-refractivity contribution in [3.63, 3.8) is 0 Å². The number of halogens is 2. The molecule has 0 bridgehead atoms. The maximum absolute atomic E-state index is 12.2. The zero-order valence-electron chi connectivity index (χ0n) is 10.1. The molecule has 1 N–H and O–H groups in total. The van der Waals surface area contributed by atoms with Crippen LogP contribution in [0.2, 0.25) is 10.0 Å². The van der Waals surface area contributed by atoms with Gasteiger partial charge < -0.3 is 5.32 Å². The lowest BCUT2D eigenvalue weighted by molar-refractivity contribution is 0.370. The number of piperidine rings is 1. The first-order chi connectivity index (χ1) is 8.66. The van der Waals surface area contributed by atoms with Gasteiger partial charge in [-0.2, -0.15) is 0 Å². The molecular weight excluding hydrogens is 289 g/mol. The van der Waals surface area contributed by atoms with Crippen LogP contribution in [-0.2, 0) is 10.8 Å². The smallest absolute Gasteiger partial charge is 0.0589 e. The summed E-state index contributed by atoms with van der Waals surface area (Å²) in [5, 5.41) is 4.50. The molecule has 1 aliphatic rings. The van der Waals surface area contributed by atoms with Crippen LogP contribution in [0.1, 0.15) is 19.3 Å². The van der Waals surface area contributed by atoms with E-state index in [-0.39, 0.29) is 0 Å². The number of nitrogens with one attached hydrogen (secondary N) is 1. The quantitative estimate of drug-likeness (QED) is 0.922. The van der Waals surface area contributed by atoms with Gasteiger partial charge in [0, 0.05) is 10.8 Å². The van der Waals surface area contributed by atoms with Crippen LogP contribution in [0.4, 0.5) is 0 Å². The second kappa shape index (κ2) is 6.90. The summed E-state index contributed by atoms with van der Waals surface area (Å²) in [7, 11) is -1.05. The largest absolute Gasteiger partial charge is 0.316 e. The summed E-state index contributed by atoms with van der Waals surface area (Å²) in [6, 6.07) is 5.13. The van der Waals surface area contributed by atoms with E-state index in [4.69, 9.17) is 23.2 Å². The van der Waals surface area contributed by atoms with Gasteiger partial charge in [-0.15, -0.1) is 0 Å². The van der Waals surface area contributed by atoms with E-state index >= 15 is 0 Å². The Labute approximate surface area is 121 Å². The molecule has 18 heavy (non-hydrogen) atoms. The Bertz CT molecular complexity index is 433. The molecule has 1 aromatic rings. The van der Waals surface area contributed by atoms with Crippen molar-refractivity contribution < 1.29 is 4.21 Å². The van der Waals surface area contributed by atoms with Gasteiger partial charge in [-0.3, -0.25) is 4.21 Å². The van der Waals surface area contributed by atoms with Crippen LogP contribution in [0.3, 0.4) is 0 Å². The van der Waals surface area contributed by atoms with E-state index in [9.17, 15) is 4.21 Å². The van der Waals surface area contributed by atoms with E-state index in [0.717, 1.165) is 19.5 Å². The number of hydrogen-bond donors (Lipinski definition) is 1. The Balaban J connectivity index is 1.92. The van der Waals surface area contributed by atoms with Crippen molar-refractivity contribution in [2.75, 3.05) is 18.8 Å². The first kappa shape index (κ1) is 14.3. The average molecular weight is 306 g/mol. The first-order valence-electron chi connectivity index (χ1n) is 6.21. The zero-order valence-corrected chi connectivity index (χ0v) is 12.5. The van der Waals surface area contributed by atoms with Crippen LogP contribution in [0, 0.1) is 5.92 Å². The van der Waals surface area contributed by atoms with E-state index in [1.807, 2.05) is 0 Å². The van der Waals surface area contributed by atoms with E-state index in [1.54, 1.807) is 18.2 Å². The predicted octanol–water partition coefficient (Wildman–Crippen LogP) is 3.49. The third kappa shape index (κ3) is 3.95. The summed E-state index contributed by atoms with van der Waals surface area (Å²) in [6.45, 7) is 2.15. The van der Waals surface area contributed by atoms with E-state index < -0.39 is 10.8 Å². The van der Waals surface area contributed by atoms with Crippen molar-refractivity contribution in [3.8, 4) is 0 Å². The van der Waals surface area contributed by atoms with Crippen molar-refractivity contribution >= 4 is 34.0 Å². The molecule has 1 saturated heterocycles. The molecule has 0 spiro atoms. The second-order valence-corrected chi connectivity index (χ2v) is 7.01. The van der Waals surface area contributed by atoms with Crippen LogP contribution in [0.5, 0.6) is 0 Å². The molecule has 1 aromatic carbocycles. The molecule has 2 nitrogen and oxygen atoms in total. The Hall–Kier alpha value is -0.0900. The third-order valence-electron chi connectivity index (χ3n) is 3.25. The minimum atomic E-state index is -1.05. The molecule has 2 unspecified atom stereocenters. The van der Waals surface area contributed by atoms with Crippen molar-refractivity contribution in [3.05, 3.63) is 28.2 Å². The lowest BCUT2D eigenvalue weighted by Gasteiger charge is -2.22. The van der Waals surface area contributed by atoms with Crippen LogP contribution < -0.4 is 5.32 Å². The van der Waals surface area contributed by atoms with Gasteiger partial charge in [0.05, 0.1) is 20.7 Å². The molecule has 0 aromatic heterocycles. The Morgan fingerprint density at radius 1 is 1.39 bits per heavy atom. The maximum Gasteiger partial charge on any atom is 0.0589 e. The highest BCUT2D eigenvalue weighted by atomic mass is 35.5. The van der Waals surface area contributed by atoms with Gasteiger partial charge in [-0.25, -0.2) is 0 Å². The summed E-state index contributed by atoms with van der Waals surface area (Å²) in [5.41, 5.74) is 0. The van der Waals surface area contributed by atoms with Crippen LogP contribution in [0.25, 0.3) is 0 Å². The molecular formula is C13H17Cl2NOS. The lowest BCUT2D eigenvalue weighted by Crippen LogP contribution is -2.30. The standard InChI is InChI=1S/C13H17Cl2NOS/c14-11-3-4-12(15)13(8-11)18(17)7-5-10-2-1-6-16-9-10/h3-4,8,10,16H,1-2,5-7,9H2. The SMILES string of the molecule is O=S(CCC1CCCNC1)c1cc(Cl)ccc1Cl. The summed E-state index contributed by atoms with van der Waals surface area (Å²) in [6.07, 6.45) is 3.42. The molecule has 2 atom stereocenters. The Morgan fingerprint density at radius 3 is 2.94 bits per heavy atom. The van der Waals surface area contributed by atoms with Crippen molar-refractivity contribution in [1.29, 1.82) is 0 Å². The summed E-state index contributed by atoms with van der Waals surface area (Å²) in [5.74, 6) is 1.30.